The minimum absolute atomic E-state index is 0.0965. The van der Waals surface area contributed by atoms with Gasteiger partial charge in [0.15, 0.2) is 17.3 Å². The van der Waals surface area contributed by atoms with E-state index >= 15 is 0 Å². The van der Waals surface area contributed by atoms with Crippen LogP contribution in [0.25, 0.3) is 0 Å². The van der Waals surface area contributed by atoms with E-state index in [0.29, 0.717) is 30.8 Å². The molecule has 7 rings (SSSR count). The Morgan fingerprint density at radius 3 is 2.19 bits per heavy atom. The molecule has 3 saturated heterocycles. The van der Waals surface area contributed by atoms with Gasteiger partial charge in [0.2, 0.25) is 16.6 Å². The van der Waals surface area contributed by atoms with Crippen LogP contribution in [0.1, 0.15) is 56.6 Å². The van der Waals surface area contributed by atoms with E-state index in [0.717, 1.165) is 76.3 Å². The largest absolute Gasteiger partial charge is 0.494 e. The van der Waals surface area contributed by atoms with Crippen molar-refractivity contribution in [1.82, 2.24) is 9.80 Å². The zero-order chi connectivity index (χ0) is 32.3. The van der Waals surface area contributed by atoms with Crippen LogP contribution in [0.5, 0.6) is 17.2 Å². The first-order valence-corrected chi connectivity index (χ1v) is 18.6. The third-order valence-corrected chi connectivity index (χ3v) is 11.9. The lowest BCUT2D eigenvalue weighted by atomic mass is 9.83. The summed E-state index contributed by atoms with van der Waals surface area (Å²) in [5.74, 6) is 1.32. The van der Waals surface area contributed by atoms with Crippen molar-refractivity contribution in [3.63, 3.8) is 0 Å². The summed E-state index contributed by atoms with van der Waals surface area (Å²) in [6.07, 6.45) is 6.55. The highest BCUT2D eigenvalue weighted by Gasteiger charge is 2.47. The molecule has 0 amide bonds. The molecule has 0 unspecified atom stereocenters. The predicted octanol–water partition coefficient (Wildman–Crippen LogP) is 6.00. The fourth-order valence-electron chi connectivity index (χ4n) is 7.48. The molecular formula is C37H46N2O7S. The molecular weight excluding hydrogens is 616 g/mol. The van der Waals surface area contributed by atoms with Gasteiger partial charge in [0, 0.05) is 30.1 Å². The summed E-state index contributed by atoms with van der Waals surface area (Å²) >= 11 is 0. The van der Waals surface area contributed by atoms with Crippen LogP contribution < -0.4 is 14.2 Å². The minimum Gasteiger partial charge on any atom is -0.494 e. The molecule has 10 heteroatoms. The second-order valence-electron chi connectivity index (χ2n) is 13.1. The average Bonchev–Trinajstić information content (AvgIpc) is 3.81. The number of nitrogens with zero attached hydrogens (tertiary/aromatic N) is 2. The fourth-order valence-corrected chi connectivity index (χ4v) is 8.76. The zero-order valence-corrected chi connectivity index (χ0v) is 28.1. The van der Waals surface area contributed by atoms with Crippen LogP contribution in [0.15, 0.2) is 76.5 Å². The summed E-state index contributed by atoms with van der Waals surface area (Å²) in [5, 5.41) is 0. The van der Waals surface area contributed by atoms with Gasteiger partial charge in [-0.3, -0.25) is 4.90 Å². The maximum atomic E-state index is 13.4. The maximum absolute atomic E-state index is 13.4. The van der Waals surface area contributed by atoms with Crippen molar-refractivity contribution in [2.75, 3.05) is 52.8 Å². The lowest BCUT2D eigenvalue weighted by Gasteiger charge is -2.45. The van der Waals surface area contributed by atoms with Gasteiger partial charge in [-0.2, -0.15) is 0 Å². The van der Waals surface area contributed by atoms with E-state index < -0.39 is 15.6 Å². The molecule has 0 radical (unpaired) electrons. The number of likely N-dealkylation sites (tertiary alicyclic amines) is 2. The van der Waals surface area contributed by atoms with Crippen LogP contribution in [-0.2, 0) is 31.6 Å². The highest BCUT2D eigenvalue weighted by molar-refractivity contribution is 7.91. The lowest BCUT2D eigenvalue weighted by molar-refractivity contribution is -0.215. The topological polar surface area (TPSA) is 86.8 Å². The van der Waals surface area contributed by atoms with Crippen molar-refractivity contribution in [2.45, 2.75) is 73.6 Å². The lowest BCUT2D eigenvalue weighted by Crippen LogP contribution is -2.50. The third-order valence-electron chi connectivity index (χ3n) is 10.2. The first kappa shape index (κ1) is 32.4. The quantitative estimate of drug-likeness (QED) is 0.230. The number of sulfone groups is 1. The molecule has 9 nitrogen and oxygen atoms in total. The summed E-state index contributed by atoms with van der Waals surface area (Å²) in [5.41, 5.74) is 2.22. The molecule has 0 spiro atoms. The van der Waals surface area contributed by atoms with E-state index in [-0.39, 0.29) is 22.5 Å². The number of fused-ring (bicyclic) bond motifs is 1. The molecule has 0 saturated carbocycles. The van der Waals surface area contributed by atoms with Gasteiger partial charge < -0.3 is 28.6 Å². The zero-order valence-electron chi connectivity index (χ0n) is 27.3. The van der Waals surface area contributed by atoms with Crippen molar-refractivity contribution in [1.29, 1.82) is 0 Å². The van der Waals surface area contributed by atoms with Gasteiger partial charge in [-0.05, 0) is 100 Å². The molecule has 0 aromatic heterocycles. The molecule has 0 bridgehead atoms. The van der Waals surface area contributed by atoms with E-state index in [4.69, 9.17) is 23.7 Å². The van der Waals surface area contributed by atoms with E-state index in [1.807, 2.05) is 12.1 Å². The highest BCUT2D eigenvalue weighted by Crippen LogP contribution is 2.44. The first-order chi connectivity index (χ1) is 22.9. The number of rotatable bonds is 11. The number of ether oxygens (including phenoxy) is 5. The van der Waals surface area contributed by atoms with Crippen molar-refractivity contribution in [3.8, 4) is 17.2 Å². The number of hydrogen-bond acceptors (Lipinski definition) is 9. The van der Waals surface area contributed by atoms with Crippen LogP contribution in [0.4, 0.5) is 0 Å². The Morgan fingerprint density at radius 1 is 0.809 bits per heavy atom. The minimum atomic E-state index is -3.73. The Hall–Kier alpha value is -3.15. The van der Waals surface area contributed by atoms with Gasteiger partial charge in [-0.25, -0.2) is 8.42 Å². The molecule has 3 aromatic carbocycles. The Kier molecular flexibility index (Phi) is 9.75. The Morgan fingerprint density at radius 2 is 1.49 bits per heavy atom. The summed E-state index contributed by atoms with van der Waals surface area (Å²) in [6.45, 7) is 9.35. The van der Waals surface area contributed by atoms with E-state index in [1.165, 1.54) is 24.5 Å². The van der Waals surface area contributed by atoms with Gasteiger partial charge in [0.1, 0.15) is 5.75 Å². The van der Waals surface area contributed by atoms with E-state index in [2.05, 4.69) is 41.0 Å². The predicted molar refractivity (Wildman–Crippen MR) is 177 cm³/mol. The smallest absolute Gasteiger partial charge is 0.231 e. The second-order valence-corrected chi connectivity index (χ2v) is 15.0. The summed E-state index contributed by atoms with van der Waals surface area (Å²) < 4.78 is 56.2. The Balaban J connectivity index is 0.932. The standard InChI is InChI=1S/C37H46N2O7S/c1-2-3-22-42-32-8-4-28(5-9-32)26-38-18-16-31(17-19-38)39-20-14-30(15-21-39)37(45-23-24-46-37)29-6-10-33(11-7-29)47(40,41)34-12-13-35-36(25-34)44-27-43-35/h4-13,25,30-31H,2-3,14-24,26-27H2,1H3. The molecule has 4 aliphatic heterocycles. The number of hydrogen-bond donors (Lipinski definition) is 0. The van der Waals surface area contributed by atoms with Gasteiger partial charge in [0.25, 0.3) is 0 Å². The molecule has 252 valence electrons. The number of unbranched alkanes of at least 4 members (excludes halogenated alkanes) is 1. The molecule has 0 aliphatic carbocycles. The van der Waals surface area contributed by atoms with Crippen LogP contribution in [0.2, 0.25) is 0 Å². The third kappa shape index (κ3) is 6.89. The maximum Gasteiger partial charge on any atom is 0.231 e. The SMILES string of the molecule is CCCCOc1ccc(CN2CCC(N3CCC(C4(c5ccc(S(=O)(=O)c6ccc7c(c6)OCO7)cc5)OCCO4)CC3)CC2)cc1. The molecule has 0 atom stereocenters. The molecule has 3 fully saturated rings. The molecule has 4 heterocycles. The van der Waals surface area contributed by atoms with Crippen molar-refractivity contribution in [3.05, 3.63) is 77.9 Å². The van der Waals surface area contributed by atoms with Gasteiger partial charge in [0.05, 0.1) is 29.6 Å². The van der Waals surface area contributed by atoms with Crippen LogP contribution in [-0.4, -0.2) is 77.1 Å². The van der Waals surface area contributed by atoms with Crippen LogP contribution >= 0.6 is 0 Å². The van der Waals surface area contributed by atoms with Gasteiger partial charge in [-0.15, -0.1) is 0 Å². The second kappa shape index (κ2) is 14.1. The van der Waals surface area contributed by atoms with Crippen LogP contribution in [0.3, 0.4) is 0 Å². The van der Waals surface area contributed by atoms with Crippen molar-refractivity contribution < 1.29 is 32.1 Å². The summed E-state index contributed by atoms with van der Waals surface area (Å²) in [4.78, 5) is 5.64. The first-order valence-electron chi connectivity index (χ1n) is 17.2. The molecule has 3 aromatic rings. The Bertz CT molecular complexity index is 1590. The van der Waals surface area contributed by atoms with Crippen molar-refractivity contribution in [2.24, 2.45) is 5.92 Å². The molecule has 0 N–H and O–H groups in total. The number of benzene rings is 3. The monoisotopic (exact) mass is 662 g/mol. The van der Waals surface area contributed by atoms with Crippen LogP contribution in [0, 0.1) is 5.92 Å². The summed E-state index contributed by atoms with van der Waals surface area (Å²) in [6, 6.07) is 21.0. The highest BCUT2D eigenvalue weighted by atomic mass is 32.2. The summed E-state index contributed by atoms with van der Waals surface area (Å²) in [7, 11) is -3.73. The molecule has 4 aliphatic rings. The fraction of sp³-hybridized carbons (Fsp3) is 0.514. The van der Waals surface area contributed by atoms with E-state index in [1.54, 1.807) is 24.3 Å². The molecule has 47 heavy (non-hydrogen) atoms. The Labute approximate surface area is 278 Å². The normalized spacial score (nSPS) is 20.9. The van der Waals surface area contributed by atoms with E-state index in [9.17, 15) is 8.42 Å². The van der Waals surface area contributed by atoms with Gasteiger partial charge >= 0.3 is 0 Å². The van der Waals surface area contributed by atoms with Gasteiger partial charge in [-0.1, -0.05) is 37.6 Å². The average molecular weight is 663 g/mol. The van der Waals surface area contributed by atoms with Crippen molar-refractivity contribution >= 4 is 9.84 Å². The number of piperidine rings is 2.